The lowest BCUT2D eigenvalue weighted by Crippen LogP contribution is -2.55. The van der Waals surface area contributed by atoms with E-state index < -0.39 is 28.8 Å². The van der Waals surface area contributed by atoms with Gasteiger partial charge in [-0.15, -0.1) is 0 Å². The Morgan fingerprint density at radius 3 is 2.50 bits per heavy atom. The van der Waals surface area contributed by atoms with E-state index in [0.29, 0.717) is 29.1 Å². The van der Waals surface area contributed by atoms with E-state index >= 15 is 0 Å². The predicted molar refractivity (Wildman–Crippen MR) is 135 cm³/mol. The van der Waals surface area contributed by atoms with Crippen molar-refractivity contribution in [3.63, 3.8) is 0 Å². The number of hydrogen-bond donors (Lipinski definition) is 1. The Kier molecular flexibility index (Phi) is 4.98. The first-order chi connectivity index (χ1) is 17.5. The fourth-order valence-electron chi connectivity index (χ4n) is 5.82. The molecule has 6 rings (SSSR count). The molecule has 1 amide bonds. The molecule has 1 N–H and O–H groups in total. The molecule has 3 aliphatic heterocycles. The highest BCUT2D eigenvalue weighted by atomic mass is 32.1. The Morgan fingerprint density at radius 1 is 1.03 bits per heavy atom. The number of para-hydroxylation sites is 2. The highest BCUT2D eigenvalue weighted by Gasteiger charge is 2.77. The largest absolute Gasteiger partial charge is 0.465 e. The number of anilines is 1. The van der Waals surface area contributed by atoms with Crippen molar-refractivity contribution in [3.05, 3.63) is 95.6 Å². The highest BCUT2D eigenvalue weighted by Crippen LogP contribution is 2.63. The van der Waals surface area contributed by atoms with Crippen molar-refractivity contribution < 1.29 is 23.9 Å². The summed E-state index contributed by atoms with van der Waals surface area (Å²) in [6.07, 6.45) is 0. The summed E-state index contributed by atoms with van der Waals surface area (Å²) in [5.74, 6) is -2.66. The number of ether oxygens (including phenoxy) is 2. The number of rotatable bonds is 4. The number of amides is 1. The Balaban J connectivity index is 1.62. The molecule has 0 aromatic heterocycles. The van der Waals surface area contributed by atoms with Crippen molar-refractivity contribution in [3.8, 4) is 5.75 Å². The molecular formula is C28H22N2O5S. The number of nitrogens with zero attached hydrogens (tertiary/aromatic N) is 1. The molecule has 3 heterocycles. The lowest BCUT2D eigenvalue weighted by atomic mass is 9.63. The van der Waals surface area contributed by atoms with Gasteiger partial charge in [-0.3, -0.25) is 9.59 Å². The van der Waals surface area contributed by atoms with Gasteiger partial charge in [-0.1, -0.05) is 78.9 Å². The number of nitrogens with one attached hydrogen (secondary N) is 1. The summed E-state index contributed by atoms with van der Waals surface area (Å²) in [6, 6.07) is 24.0. The van der Waals surface area contributed by atoms with E-state index in [1.165, 1.54) is 0 Å². The van der Waals surface area contributed by atoms with Crippen LogP contribution >= 0.6 is 12.2 Å². The van der Waals surface area contributed by atoms with Crippen LogP contribution in [0.1, 0.15) is 29.5 Å². The van der Waals surface area contributed by atoms with E-state index in [4.69, 9.17) is 21.7 Å². The van der Waals surface area contributed by atoms with Crippen LogP contribution < -0.4 is 15.0 Å². The molecule has 180 valence electrons. The average Bonchev–Trinajstić information content (AvgIpc) is 3.30. The van der Waals surface area contributed by atoms with Crippen LogP contribution in [0.5, 0.6) is 5.75 Å². The van der Waals surface area contributed by atoms with Crippen LogP contribution in [0.25, 0.3) is 0 Å². The molecule has 0 unspecified atom stereocenters. The number of fused-ring (bicyclic) bond motifs is 6. The molecule has 36 heavy (non-hydrogen) atoms. The quantitative estimate of drug-likeness (QED) is 0.255. The van der Waals surface area contributed by atoms with Gasteiger partial charge in [0.2, 0.25) is 5.41 Å². The van der Waals surface area contributed by atoms with Crippen LogP contribution in [0.2, 0.25) is 0 Å². The Bertz CT molecular complexity index is 1440. The molecule has 0 aliphatic carbocycles. The molecule has 8 heteroatoms. The van der Waals surface area contributed by atoms with Crippen LogP contribution in [0.15, 0.2) is 78.9 Å². The number of carbonyl (C=O) groups is 3. The standard InChI is InChI=1S/C28H22N2O5S/c1-2-34-25(32)27-22(18-12-6-9-15-21(18)35-26(27)33)28(29-23(27)36)19-13-7-8-14-20(19)30(24(28)31)16-17-10-4-3-5-11-17/h3-15,22H,2,16H2,1H3,(H,29,36)/t22-,27+,28+/m1/s1. The van der Waals surface area contributed by atoms with Gasteiger partial charge in [-0.2, -0.15) is 0 Å². The first kappa shape index (κ1) is 22.4. The summed E-state index contributed by atoms with van der Waals surface area (Å²) in [7, 11) is 0. The van der Waals surface area contributed by atoms with Crippen LogP contribution in [-0.2, 0) is 31.2 Å². The molecule has 3 aromatic carbocycles. The maximum Gasteiger partial charge on any atom is 0.336 e. The number of benzene rings is 3. The smallest absolute Gasteiger partial charge is 0.336 e. The molecule has 0 radical (unpaired) electrons. The molecule has 0 saturated carbocycles. The first-order valence-electron chi connectivity index (χ1n) is 11.7. The lowest BCUT2D eigenvalue weighted by molar-refractivity contribution is -0.164. The van der Waals surface area contributed by atoms with Crippen molar-refractivity contribution in [1.82, 2.24) is 5.32 Å². The molecule has 1 saturated heterocycles. The number of esters is 2. The fraction of sp³-hybridized carbons (Fsp3) is 0.214. The van der Waals surface area contributed by atoms with Gasteiger partial charge in [0.25, 0.3) is 5.91 Å². The highest BCUT2D eigenvalue weighted by molar-refractivity contribution is 7.80. The maximum atomic E-state index is 14.5. The zero-order valence-electron chi connectivity index (χ0n) is 19.4. The van der Waals surface area contributed by atoms with Gasteiger partial charge >= 0.3 is 11.9 Å². The molecule has 1 fully saturated rings. The average molecular weight is 499 g/mol. The second-order valence-corrected chi connectivity index (χ2v) is 9.45. The third-order valence-corrected chi connectivity index (χ3v) is 7.70. The normalized spacial score (nSPS) is 25.6. The third-order valence-electron chi connectivity index (χ3n) is 7.27. The second kappa shape index (κ2) is 7.99. The maximum absolute atomic E-state index is 14.5. The zero-order chi connectivity index (χ0) is 25.1. The molecule has 7 nitrogen and oxygen atoms in total. The van der Waals surface area contributed by atoms with E-state index in [9.17, 15) is 14.4 Å². The summed E-state index contributed by atoms with van der Waals surface area (Å²) < 4.78 is 11.0. The Labute approximate surface area is 213 Å². The van der Waals surface area contributed by atoms with Gasteiger partial charge < -0.3 is 19.7 Å². The fourth-order valence-corrected chi connectivity index (χ4v) is 6.26. The summed E-state index contributed by atoms with van der Waals surface area (Å²) >= 11 is 5.70. The van der Waals surface area contributed by atoms with Gasteiger partial charge in [0.15, 0.2) is 5.54 Å². The van der Waals surface area contributed by atoms with E-state index in [-0.39, 0.29) is 17.5 Å². The third kappa shape index (κ3) is 2.73. The van der Waals surface area contributed by atoms with Crippen LogP contribution in [0.3, 0.4) is 0 Å². The van der Waals surface area contributed by atoms with Crippen molar-refractivity contribution in [2.45, 2.75) is 24.9 Å². The van der Waals surface area contributed by atoms with E-state index in [2.05, 4.69) is 5.32 Å². The molecule has 1 spiro atoms. The lowest BCUT2D eigenvalue weighted by Gasteiger charge is -2.39. The predicted octanol–water partition coefficient (Wildman–Crippen LogP) is 3.61. The number of carbonyl (C=O) groups excluding carboxylic acids is 3. The number of thiocarbonyl (C=S) groups is 1. The van der Waals surface area contributed by atoms with Crippen LogP contribution in [-0.4, -0.2) is 29.4 Å². The summed E-state index contributed by atoms with van der Waals surface area (Å²) in [5, 5.41) is 3.18. The second-order valence-electron chi connectivity index (χ2n) is 9.05. The molecule has 3 aliphatic rings. The van der Waals surface area contributed by atoms with Crippen molar-refractivity contribution in [1.29, 1.82) is 0 Å². The minimum atomic E-state index is -1.99. The van der Waals surface area contributed by atoms with Crippen LogP contribution in [0, 0.1) is 5.41 Å². The molecule has 0 bridgehead atoms. The topological polar surface area (TPSA) is 84.9 Å². The van der Waals surface area contributed by atoms with Gasteiger partial charge in [-0.25, -0.2) is 4.79 Å². The van der Waals surface area contributed by atoms with Crippen LogP contribution in [0.4, 0.5) is 5.69 Å². The molecule has 3 atom stereocenters. The summed E-state index contributed by atoms with van der Waals surface area (Å²) in [4.78, 5) is 43.4. The Morgan fingerprint density at radius 2 is 1.72 bits per heavy atom. The minimum Gasteiger partial charge on any atom is -0.465 e. The molecule has 3 aromatic rings. The minimum absolute atomic E-state index is 0.0442. The SMILES string of the molecule is CCOC(=O)[C@]12C(=O)Oc3ccccc3[C@H]1[C@]1(NC2=S)C(=O)N(Cc2ccccc2)c2ccccc21. The van der Waals surface area contributed by atoms with Gasteiger partial charge in [0.1, 0.15) is 10.7 Å². The monoisotopic (exact) mass is 498 g/mol. The van der Waals surface area contributed by atoms with Crippen molar-refractivity contribution in [2.24, 2.45) is 5.41 Å². The number of hydrogen-bond acceptors (Lipinski definition) is 6. The molecular weight excluding hydrogens is 476 g/mol. The van der Waals surface area contributed by atoms with Gasteiger partial charge in [0, 0.05) is 11.1 Å². The zero-order valence-corrected chi connectivity index (χ0v) is 20.2. The van der Waals surface area contributed by atoms with Crippen molar-refractivity contribution in [2.75, 3.05) is 11.5 Å². The Hall–Kier alpha value is -4.04. The first-order valence-corrected chi connectivity index (χ1v) is 12.1. The van der Waals surface area contributed by atoms with E-state index in [1.54, 1.807) is 36.1 Å². The van der Waals surface area contributed by atoms with E-state index in [1.807, 2.05) is 54.6 Å². The van der Waals surface area contributed by atoms with Crippen molar-refractivity contribution >= 4 is 40.7 Å². The summed E-state index contributed by atoms with van der Waals surface area (Å²) in [6.45, 7) is 2.02. The van der Waals surface area contributed by atoms with Gasteiger partial charge in [-0.05, 0) is 24.6 Å². The van der Waals surface area contributed by atoms with E-state index in [0.717, 1.165) is 5.56 Å². The van der Waals surface area contributed by atoms with Gasteiger partial charge in [0.05, 0.1) is 24.8 Å². The summed E-state index contributed by atoms with van der Waals surface area (Å²) in [5.41, 5.74) is -0.664.